The highest BCUT2D eigenvalue weighted by atomic mass is 19.1. The summed E-state index contributed by atoms with van der Waals surface area (Å²) in [6.07, 6.45) is 3.20. The van der Waals surface area contributed by atoms with Gasteiger partial charge in [0.2, 0.25) is 0 Å². The van der Waals surface area contributed by atoms with E-state index in [0.717, 1.165) is 49.5 Å². The molecule has 0 aliphatic carbocycles. The molecule has 0 atom stereocenters. The molecule has 2 N–H and O–H groups in total. The lowest BCUT2D eigenvalue weighted by atomic mass is 10.1. The Morgan fingerprint density at radius 3 is 2.68 bits per heavy atom. The molecule has 7 nitrogen and oxygen atoms in total. The van der Waals surface area contributed by atoms with Crippen LogP contribution in [0.2, 0.25) is 0 Å². The maximum Gasteiger partial charge on any atom is 0.150 e. The molecule has 0 aromatic carbocycles. The van der Waals surface area contributed by atoms with Gasteiger partial charge in [0, 0.05) is 57.0 Å². The predicted molar refractivity (Wildman–Crippen MR) is 94.5 cm³/mol. The maximum atomic E-state index is 14.7. The Hall–Kier alpha value is -2.45. The predicted octanol–water partition coefficient (Wildman–Crippen LogP) is 1.20. The van der Waals surface area contributed by atoms with Gasteiger partial charge in [-0.3, -0.25) is 9.58 Å². The number of hydrogen-bond acceptors (Lipinski definition) is 5. The number of piperazine rings is 1. The van der Waals surface area contributed by atoms with Gasteiger partial charge in [0.25, 0.3) is 0 Å². The van der Waals surface area contributed by atoms with Crippen molar-refractivity contribution in [3.05, 3.63) is 35.9 Å². The maximum absolute atomic E-state index is 14.7. The van der Waals surface area contributed by atoms with Gasteiger partial charge in [-0.25, -0.2) is 8.91 Å². The van der Waals surface area contributed by atoms with E-state index in [1.165, 1.54) is 10.7 Å². The number of nitrogens with zero attached hydrogens (tertiary/aromatic N) is 6. The van der Waals surface area contributed by atoms with Crippen molar-refractivity contribution in [2.45, 2.75) is 6.54 Å². The number of anilines is 1. The molecule has 0 bridgehead atoms. The van der Waals surface area contributed by atoms with Gasteiger partial charge >= 0.3 is 0 Å². The van der Waals surface area contributed by atoms with Gasteiger partial charge in [-0.1, -0.05) is 0 Å². The highest BCUT2D eigenvalue weighted by Gasteiger charge is 2.20. The average Bonchev–Trinajstić information content (AvgIpc) is 3.10. The molecular weight excluding hydrogens is 321 g/mol. The highest BCUT2D eigenvalue weighted by Crippen LogP contribution is 2.28. The molecule has 3 aromatic rings. The fourth-order valence-electron chi connectivity index (χ4n) is 3.41. The Kier molecular flexibility index (Phi) is 3.93. The summed E-state index contributed by atoms with van der Waals surface area (Å²) in [5.74, 6) is 0.0399. The Bertz CT molecular complexity index is 905. The number of aryl methyl sites for hydroxylation is 1. The van der Waals surface area contributed by atoms with E-state index in [9.17, 15) is 4.39 Å². The van der Waals surface area contributed by atoms with Gasteiger partial charge in [0.1, 0.15) is 5.82 Å². The third kappa shape index (κ3) is 2.98. The minimum atomic E-state index is -0.334. The van der Waals surface area contributed by atoms with Gasteiger partial charge in [-0.05, 0) is 13.1 Å². The zero-order valence-electron chi connectivity index (χ0n) is 14.5. The van der Waals surface area contributed by atoms with E-state index >= 15 is 0 Å². The Balaban J connectivity index is 1.71. The SMILES string of the molecule is CN1CCN(Cc2cnn(C)c2-c2cc3cc(N)nn3cc2F)CC1. The summed E-state index contributed by atoms with van der Waals surface area (Å²) >= 11 is 0. The summed E-state index contributed by atoms with van der Waals surface area (Å²) in [6, 6.07) is 3.52. The van der Waals surface area contributed by atoms with E-state index in [1.54, 1.807) is 16.8 Å². The number of halogens is 1. The molecule has 0 spiro atoms. The molecule has 1 fully saturated rings. The van der Waals surface area contributed by atoms with E-state index in [2.05, 4.69) is 27.0 Å². The van der Waals surface area contributed by atoms with Crippen molar-refractivity contribution in [3.63, 3.8) is 0 Å². The van der Waals surface area contributed by atoms with Gasteiger partial charge < -0.3 is 10.6 Å². The molecule has 132 valence electrons. The minimum Gasteiger partial charge on any atom is -0.382 e. The van der Waals surface area contributed by atoms with Crippen LogP contribution in [0.4, 0.5) is 10.2 Å². The number of rotatable bonds is 3. The summed E-state index contributed by atoms with van der Waals surface area (Å²) in [7, 11) is 3.98. The number of nitrogen functional groups attached to an aromatic ring is 1. The third-order valence-electron chi connectivity index (χ3n) is 4.83. The smallest absolute Gasteiger partial charge is 0.150 e. The Labute approximate surface area is 145 Å². The first-order valence-corrected chi connectivity index (χ1v) is 8.38. The first-order chi connectivity index (χ1) is 12.0. The molecule has 0 amide bonds. The van der Waals surface area contributed by atoms with Crippen LogP contribution in [0.1, 0.15) is 5.56 Å². The molecular formula is C17H22FN7. The van der Waals surface area contributed by atoms with E-state index < -0.39 is 0 Å². The second-order valence-corrected chi connectivity index (χ2v) is 6.70. The molecule has 1 saturated heterocycles. The van der Waals surface area contributed by atoms with E-state index in [4.69, 9.17) is 5.73 Å². The van der Waals surface area contributed by atoms with Crippen LogP contribution >= 0.6 is 0 Å². The van der Waals surface area contributed by atoms with Crippen LogP contribution in [0, 0.1) is 5.82 Å². The van der Waals surface area contributed by atoms with Crippen LogP contribution < -0.4 is 5.73 Å². The van der Waals surface area contributed by atoms with Crippen molar-refractivity contribution in [1.82, 2.24) is 29.2 Å². The normalized spacial score (nSPS) is 16.8. The van der Waals surface area contributed by atoms with Crippen molar-refractivity contribution in [2.75, 3.05) is 39.0 Å². The van der Waals surface area contributed by atoms with Crippen molar-refractivity contribution in [2.24, 2.45) is 7.05 Å². The molecule has 0 unspecified atom stereocenters. The molecule has 1 aliphatic rings. The number of pyridine rings is 1. The van der Waals surface area contributed by atoms with Crippen LogP contribution in [0.5, 0.6) is 0 Å². The van der Waals surface area contributed by atoms with E-state index in [1.807, 2.05) is 13.2 Å². The molecule has 8 heteroatoms. The lowest BCUT2D eigenvalue weighted by molar-refractivity contribution is 0.148. The van der Waals surface area contributed by atoms with E-state index in [-0.39, 0.29) is 5.82 Å². The quantitative estimate of drug-likeness (QED) is 0.774. The fraction of sp³-hybridized carbons (Fsp3) is 0.412. The zero-order chi connectivity index (χ0) is 17.6. The van der Waals surface area contributed by atoms with Crippen molar-refractivity contribution in [3.8, 4) is 11.3 Å². The topological polar surface area (TPSA) is 67.6 Å². The number of hydrogen-bond donors (Lipinski definition) is 1. The lowest BCUT2D eigenvalue weighted by Gasteiger charge is -2.32. The van der Waals surface area contributed by atoms with Crippen molar-refractivity contribution >= 4 is 11.3 Å². The molecule has 1 aliphatic heterocycles. The summed E-state index contributed by atoms with van der Waals surface area (Å²) in [5, 5.41) is 8.43. The summed E-state index contributed by atoms with van der Waals surface area (Å²) < 4.78 is 17.9. The fourth-order valence-corrected chi connectivity index (χ4v) is 3.41. The summed E-state index contributed by atoms with van der Waals surface area (Å²) in [4.78, 5) is 4.70. The van der Waals surface area contributed by atoms with Crippen LogP contribution in [0.15, 0.2) is 24.5 Å². The second kappa shape index (κ2) is 6.12. The Morgan fingerprint density at radius 2 is 1.92 bits per heavy atom. The molecule has 3 aromatic heterocycles. The van der Waals surface area contributed by atoms with Crippen LogP contribution in [-0.2, 0) is 13.6 Å². The van der Waals surface area contributed by atoms with Crippen molar-refractivity contribution in [1.29, 1.82) is 0 Å². The first kappa shape index (κ1) is 16.0. The van der Waals surface area contributed by atoms with Crippen LogP contribution in [0.25, 0.3) is 16.8 Å². The van der Waals surface area contributed by atoms with Crippen LogP contribution in [-0.4, -0.2) is 62.4 Å². The van der Waals surface area contributed by atoms with Crippen LogP contribution in [0.3, 0.4) is 0 Å². The summed E-state index contributed by atoms with van der Waals surface area (Å²) in [5.41, 5.74) is 8.85. The molecule has 25 heavy (non-hydrogen) atoms. The van der Waals surface area contributed by atoms with Gasteiger partial charge in [0.15, 0.2) is 5.82 Å². The Morgan fingerprint density at radius 1 is 1.16 bits per heavy atom. The number of fused-ring (bicyclic) bond motifs is 1. The number of likely N-dealkylation sites (N-methyl/N-ethyl adjacent to an activating group) is 1. The highest BCUT2D eigenvalue weighted by molar-refractivity contribution is 5.70. The zero-order valence-corrected chi connectivity index (χ0v) is 14.5. The monoisotopic (exact) mass is 343 g/mol. The van der Waals surface area contributed by atoms with Gasteiger partial charge in [-0.15, -0.1) is 0 Å². The minimum absolute atomic E-state index is 0.334. The van der Waals surface area contributed by atoms with E-state index in [0.29, 0.717) is 11.4 Å². The number of nitrogens with two attached hydrogens (primary N) is 1. The largest absolute Gasteiger partial charge is 0.382 e. The average molecular weight is 343 g/mol. The molecule has 4 rings (SSSR count). The third-order valence-corrected chi connectivity index (χ3v) is 4.83. The molecule has 4 heterocycles. The second-order valence-electron chi connectivity index (χ2n) is 6.70. The number of aromatic nitrogens is 4. The van der Waals surface area contributed by atoms with Crippen molar-refractivity contribution < 1.29 is 4.39 Å². The van der Waals surface area contributed by atoms with Gasteiger partial charge in [0.05, 0.1) is 23.6 Å². The van der Waals surface area contributed by atoms with Gasteiger partial charge in [-0.2, -0.15) is 10.2 Å². The molecule has 0 saturated carbocycles. The molecule has 0 radical (unpaired) electrons. The lowest BCUT2D eigenvalue weighted by Crippen LogP contribution is -2.43. The standard InChI is InChI=1S/C17H22FN7/c1-22-3-5-24(6-4-22)10-12-9-20-23(2)17(12)14-7-13-8-16(19)21-25(13)11-15(14)18/h7-9,11H,3-6,10H2,1-2H3,(H2,19,21). The first-order valence-electron chi connectivity index (χ1n) is 8.38. The summed E-state index contributed by atoms with van der Waals surface area (Å²) in [6.45, 7) is 4.87.